The van der Waals surface area contributed by atoms with Gasteiger partial charge in [0.25, 0.3) is 20.0 Å². The van der Waals surface area contributed by atoms with E-state index < -0.39 is 38.3 Å². The van der Waals surface area contributed by atoms with Gasteiger partial charge in [0.15, 0.2) is 0 Å². The Hall–Kier alpha value is -3.93. The van der Waals surface area contributed by atoms with Gasteiger partial charge in [-0.3, -0.25) is 13.8 Å². The minimum absolute atomic E-state index is 0.0553. The maximum absolute atomic E-state index is 13.4. The van der Waals surface area contributed by atoms with Crippen molar-refractivity contribution in [2.75, 3.05) is 20.9 Å². The fourth-order valence-corrected chi connectivity index (χ4v) is 6.12. The number of hydrogen-bond acceptors (Lipinski definition) is 5. The van der Waals surface area contributed by atoms with Gasteiger partial charge in [-0.1, -0.05) is 35.9 Å². The zero-order valence-corrected chi connectivity index (χ0v) is 22.0. The summed E-state index contributed by atoms with van der Waals surface area (Å²) in [7, 11) is -8.13. The molecule has 4 rings (SSSR count). The van der Waals surface area contributed by atoms with Gasteiger partial charge in [-0.05, 0) is 78.9 Å². The van der Waals surface area contributed by atoms with Gasteiger partial charge in [0.2, 0.25) is 5.91 Å². The second kappa shape index (κ2) is 11.2. The summed E-state index contributed by atoms with van der Waals surface area (Å²) in [5.41, 5.74) is 0.780. The number of nitrogens with one attached hydrogen (secondary N) is 2. The zero-order chi connectivity index (χ0) is 27.3. The highest BCUT2D eigenvalue weighted by Crippen LogP contribution is 2.24. The van der Waals surface area contributed by atoms with Gasteiger partial charge in [0.1, 0.15) is 12.4 Å². The number of para-hydroxylation sites is 1. The van der Waals surface area contributed by atoms with E-state index in [0.717, 1.165) is 28.6 Å². The lowest BCUT2D eigenvalue weighted by atomic mass is 10.3. The normalized spacial score (nSPS) is 11.5. The van der Waals surface area contributed by atoms with E-state index in [9.17, 15) is 26.0 Å². The van der Waals surface area contributed by atoms with Crippen LogP contribution in [-0.4, -0.2) is 29.3 Å². The molecule has 4 aromatic carbocycles. The number of benzene rings is 4. The molecule has 0 bridgehead atoms. The number of rotatable bonds is 9. The Bertz CT molecular complexity index is 1650. The van der Waals surface area contributed by atoms with Crippen LogP contribution in [0.4, 0.5) is 21.5 Å². The molecule has 1 amide bonds. The summed E-state index contributed by atoms with van der Waals surface area (Å²) in [5.74, 6) is -1.27. The number of sulfonamides is 2. The molecule has 0 saturated carbocycles. The van der Waals surface area contributed by atoms with Crippen LogP contribution in [0.3, 0.4) is 0 Å². The van der Waals surface area contributed by atoms with Crippen LogP contribution in [0.25, 0.3) is 0 Å². The zero-order valence-electron chi connectivity index (χ0n) is 19.6. The molecular weight excluding hydrogens is 553 g/mol. The molecule has 0 spiro atoms. The van der Waals surface area contributed by atoms with Gasteiger partial charge in [-0.2, -0.15) is 0 Å². The van der Waals surface area contributed by atoms with Gasteiger partial charge in [0, 0.05) is 10.7 Å². The molecule has 0 saturated heterocycles. The van der Waals surface area contributed by atoms with Gasteiger partial charge >= 0.3 is 0 Å². The molecular formula is C26H21ClFN3O5S2. The number of anilines is 3. The second-order valence-electron chi connectivity index (χ2n) is 7.99. The molecule has 8 nitrogen and oxygen atoms in total. The fourth-order valence-electron chi connectivity index (χ4n) is 3.46. The monoisotopic (exact) mass is 573 g/mol. The number of halogens is 2. The van der Waals surface area contributed by atoms with E-state index in [1.807, 2.05) is 0 Å². The summed E-state index contributed by atoms with van der Waals surface area (Å²) >= 11 is 5.90. The molecule has 0 aromatic heterocycles. The summed E-state index contributed by atoms with van der Waals surface area (Å²) < 4.78 is 68.6. The minimum Gasteiger partial charge on any atom is -0.325 e. The number of nitrogens with zero attached hydrogens (tertiary/aromatic N) is 1. The lowest BCUT2D eigenvalue weighted by Gasteiger charge is -2.24. The Morgan fingerprint density at radius 2 is 1.39 bits per heavy atom. The minimum atomic E-state index is -4.21. The van der Waals surface area contributed by atoms with Crippen molar-refractivity contribution >= 4 is 54.6 Å². The van der Waals surface area contributed by atoms with Crippen LogP contribution >= 0.6 is 11.6 Å². The molecule has 4 aromatic rings. The maximum atomic E-state index is 13.4. The molecule has 0 atom stereocenters. The smallest absolute Gasteiger partial charge is 0.264 e. The highest BCUT2D eigenvalue weighted by molar-refractivity contribution is 7.93. The summed E-state index contributed by atoms with van der Waals surface area (Å²) in [6.45, 7) is -0.583. The number of hydrogen-bond donors (Lipinski definition) is 2. The van der Waals surface area contributed by atoms with E-state index in [2.05, 4.69) is 10.0 Å². The second-order valence-corrected chi connectivity index (χ2v) is 12.0. The molecule has 0 aliphatic rings. The molecule has 12 heteroatoms. The highest BCUT2D eigenvalue weighted by Gasteiger charge is 2.27. The Morgan fingerprint density at radius 3 is 2.03 bits per heavy atom. The summed E-state index contributed by atoms with van der Waals surface area (Å²) in [6, 6.07) is 23.9. The first-order chi connectivity index (χ1) is 18.0. The van der Waals surface area contributed by atoms with Crippen LogP contribution in [0.15, 0.2) is 113 Å². The van der Waals surface area contributed by atoms with Crippen LogP contribution in [0.1, 0.15) is 0 Å². The number of amides is 1. The van der Waals surface area contributed by atoms with E-state index in [1.54, 1.807) is 36.4 Å². The van der Waals surface area contributed by atoms with Crippen molar-refractivity contribution in [1.82, 2.24) is 0 Å². The van der Waals surface area contributed by atoms with Gasteiger partial charge in [-0.15, -0.1) is 0 Å². The average Bonchev–Trinajstić information content (AvgIpc) is 2.88. The van der Waals surface area contributed by atoms with Crippen molar-refractivity contribution in [3.63, 3.8) is 0 Å². The van der Waals surface area contributed by atoms with Crippen LogP contribution in [-0.2, 0) is 24.8 Å². The van der Waals surface area contributed by atoms with Crippen molar-refractivity contribution in [3.8, 4) is 0 Å². The number of carbonyl (C=O) groups is 1. The molecule has 0 aliphatic heterocycles. The van der Waals surface area contributed by atoms with E-state index >= 15 is 0 Å². The third-order valence-corrected chi connectivity index (χ3v) is 8.68. The van der Waals surface area contributed by atoms with Gasteiger partial charge < -0.3 is 5.32 Å². The van der Waals surface area contributed by atoms with Crippen LogP contribution in [0.5, 0.6) is 0 Å². The molecule has 0 radical (unpaired) electrons. The average molecular weight is 574 g/mol. The van der Waals surface area contributed by atoms with Gasteiger partial charge in [-0.25, -0.2) is 21.2 Å². The molecule has 0 aliphatic carbocycles. The third-order valence-electron chi connectivity index (χ3n) is 5.26. The predicted octanol–water partition coefficient (Wildman–Crippen LogP) is 5.11. The lowest BCUT2D eigenvalue weighted by Crippen LogP contribution is -2.38. The first-order valence-corrected chi connectivity index (χ1v) is 14.4. The van der Waals surface area contributed by atoms with Gasteiger partial charge in [0.05, 0.1) is 21.2 Å². The topological polar surface area (TPSA) is 113 Å². The van der Waals surface area contributed by atoms with E-state index in [4.69, 9.17) is 11.6 Å². The van der Waals surface area contributed by atoms with E-state index in [1.165, 1.54) is 42.5 Å². The number of carbonyl (C=O) groups excluding carboxylic acids is 1. The first-order valence-electron chi connectivity index (χ1n) is 11.1. The van der Waals surface area contributed by atoms with Crippen molar-refractivity contribution < 1.29 is 26.0 Å². The largest absolute Gasteiger partial charge is 0.325 e. The van der Waals surface area contributed by atoms with E-state index in [0.29, 0.717) is 10.7 Å². The SMILES string of the molecule is O=C(CN(c1ccccc1)S(=O)(=O)c1ccc(F)cc1)Nc1ccc(S(=O)(=O)Nc2cccc(Cl)c2)cc1. The van der Waals surface area contributed by atoms with Crippen LogP contribution in [0.2, 0.25) is 5.02 Å². The van der Waals surface area contributed by atoms with Crippen molar-refractivity contribution in [1.29, 1.82) is 0 Å². The maximum Gasteiger partial charge on any atom is 0.264 e. The quantitative estimate of drug-likeness (QED) is 0.289. The molecule has 38 heavy (non-hydrogen) atoms. The predicted molar refractivity (Wildman–Crippen MR) is 145 cm³/mol. The van der Waals surface area contributed by atoms with Crippen molar-refractivity contribution in [2.45, 2.75) is 9.79 Å². The summed E-state index contributed by atoms with van der Waals surface area (Å²) in [5, 5.41) is 2.94. The summed E-state index contributed by atoms with van der Waals surface area (Å²) in [6.07, 6.45) is 0. The fraction of sp³-hybridized carbons (Fsp3) is 0.0385. The Balaban J connectivity index is 1.51. The van der Waals surface area contributed by atoms with Crippen molar-refractivity contribution in [2.24, 2.45) is 0 Å². The first kappa shape index (κ1) is 27.1. The van der Waals surface area contributed by atoms with Crippen molar-refractivity contribution in [3.05, 3.63) is 114 Å². The van der Waals surface area contributed by atoms with Crippen LogP contribution < -0.4 is 14.3 Å². The lowest BCUT2D eigenvalue weighted by molar-refractivity contribution is -0.114. The molecule has 196 valence electrons. The highest BCUT2D eigenvalue weighted by atomic mass is 35.5. The Morgan fingerprint density at radius 1 is 0.763 bits per heavy atom. The molecule has 2 N–H and O–H groups in total. The Labute approximate surface area is 224 Å². The molecule has 0 fully saturated rings. The molecule has 0 heterocycles. The van der Waals surface area contributed by atoms with E-state index in [-0.39, 0.29) is 21.2 Å². The molecule has 0 unspecified atom stereocenters. The summed E-state index contributed by atoms with van der Waals surface area (Å²) in [4.78, 5) is 12.6. The third kappa shape index (κ3) is 6.49. The standard InChI is InChI=1S/C26H21ClFN3O5S2/c27-19-5-4-6-22(17-19)30-37(33,34)24-15-11-21(12-16-24)29-26(32)18-31(23-7-2-1-3-8-23)38(35,36)25-13-9-20(28)10-14-25/h1-17,30H,18H2,(H,29,32). The van der Waals surface area contributed by atoms with Crippen LogP contribution in [0, 0.1) is 5.82 Å². The Kier molecular flexibility index (Phi) is 8.00.